The van der Waals surface area contributed by atoms with Crippen LogP contribution in [-0.4, -0.2) is 32.8 Å². The minimum Gasteiger partial charge on any atom is -0.497 e. The molecule has 0 atom stereocenters. The number of amides is 1. The van der Waals surface area contributed by atoms with Crippen molar-refractivity contribution in [1.29, 1.82) is 0 Å². The SMILES string of the molecule is COc1ccc(-c2nnc3sc(NC(=O)/C=C/c4ccccc4)nn23)cc1. The zero-order chi connectivity index (χ0) is 18.6. The number of methoxy groups -OCH3 is 1. The second kappa shape index (κ2) is 7.38. The minimum atomic E-state index is -0.255. The van der Waals surface area contributed by atoms with Gasteiger partial charge in [0.15, 0.2) is 5.82 Å². The highest BCUT2D eigenvalue weighted by Crippen LogP contribution is 2.25. The monoisotopic (exact) mass is 377 g/mol. The summed E-state index contributed by atoms with van der Waals surface area (Å²) in [4.78, 5) is 12.7. The first-order chi connectivity index (χ1) is 13.2. The van der Waals surface area contributed by atoms with Gasteiger partial charge in [0.1, 0.15) is 5.75 Å². The zero-order valence-electron chi connectivity index (χ0n) is 14.4. The van der Waals surface area contributed by atoms with E-state index in [4.69, 9.17) is 4.74 Å². The maximum Gasteiger partial charge on any atom is 0.250 e. The normalized spacial score (nSPS) is 11.1. The molecule has 2 heterocycles. The van der Waals surface area contributed by atoms with Crippen LogP contribution in [0.4, 0.5) is 5.13 Å². The molecule has 134 valence electrons. The van der Waals surface area contributed by atoms with Gasteiger partial charge in [-0.25, -0.2) is 0 Å². The number of nitrogens with one attached hydrogen (secondary N) is 1. The molecule has 1 amide bonds. The zero-order valence-corrected chi connectivity index (χ0v) is 15.2. The number of ether oxygens (including phenoxy) is 1. The Morgan fingerprint density at radius 3 is 2.63 bits per heavy atom. The van der Waals surface area contributed by atoms with Gasteiger partial charge in [-0.05, 0) is 35.9 Å². The van der Waals surface area contributed by atoms with Crippen LogP contribution in [0.25, 0.3) is 22.4 Å². The van der Waals surface area contributed by atoms with E-state index in [2.05, 4.69) is 20.6 Å². The van der Waals surface area contributed by atoms with E-state index in [-0.39, 0.29) is 5.91 Å². The molecule has 0 aliphatic heterocycles. The van der Waals surface area contributed by atoms with Crippen LogP contribution in [0.1, 0.15) is 5.56 Å². The Labute approximate surface area is 158 Å². The van der Waals surface area contributed by atoms with Crippen LogP contribution >= 0.6 is 11.3 Å². The van der Waals surface area contributed by atoms with Crippen LogP contribution in [0, 0.1) is 0 Å². The van der Waals surface area contributed by atoms with Crippen LogP contribution in [0.5, 0.6) is 5.75 Å². The van der Waals surface area contributed by atoms with Gasteiger partial charge in [0.05, 0.1) is 7.11 Å². The molecule has 0 spiro atoms. The highest BCUT2D eigenvalue weighted by atomic mass is 32.1. The van der Waals surface area contributed by atoms with Gasteiger partial charge >= 0.3 is 0 Å². The van der Waals surface area contributed by atoms with Crippen LogP contribution in [-0.2, 0) is 4.79 Å². The van der Waals surface area contributed by atoms with E-state index in [1.54, 1.807) is 17.7 Å². The Morgan fingerprint density at radius 2 is 1.89 bits per heavy atom. The fourth-order valence-electron chi connectivity index (χ4n) is 2.47. The Kier molecular flexibility index (Phi) is 4.63. The lowest BCUT2D eigenvalue weighted by Gasteiger charge is -2.00. The third-order valence-electron chi connectivity index (χ3n) is 3.80. The summed E-state index contributed by atoms with van der Waals surface area (Å²) in [5, 5.41) is 15.9. The molecule has 2 aromatic heterocycles. The first kappa shape index (κ1) is 16.9. The molecule has 0 saturated heterocycles. The topological polar surface area (TPSA) is 81.4 Å². The second-order valence-electron chi connectivity index (χ2n) is 5.59. The summed E-state index contributed by atoms with van der Waals surface area (Å²) in [6.45, 7) is 0. The molecule has 4 aromatic rings. The van der Waals surface area contributed by atoms with E-state index >= 15 is 0 Å². The summed E-state index contributed by atoms with van der Waals surface area (Å²) in [5.74, 6) is 1.11. The highest BCUT2D eigenvalue weighted by molar-refractivity contribution is 7.20. The van der Waals surface area contributed by atoms with Gasteiger partial charge in [0.2, 0.25) is 16.0 Å². The van der Waals surface area contributed by atoms with E-state index in [0.29, 0.717) is 15.9 Å². The molecule has 1 N–H and O–H groups in total. The molecule has 27 heavy (non-hydrogen) atoms. The lowest BCUT2D eigenvalue weighted by molar-refractivity contribution is -0.111. The van der Waals surface area contributed by atoms with Crippen molar-refractivity contribution in [2.24, 2.45) is 0 Å². The van der Waals surface area contributed by atoms with Crippen LogP contribution in [0.2, 0.25) is 0 Å². The van der Waals surface area contributed by atoms with Crippen LogP contribution in [0.3, 0.4) is 0 Å². The summed E-state index contributed by atoms with van der Waals surface area (Å²) in [6, 6.07) is 17.1. The van der Waals surface area contributed by atoms with Crippen LogP contribution < -0.4 is 10.1 Å². The van der Waals surface area contributed by atoms with Gasteiger partial charge in [-0.3, -0.25) is 10.1 Å². The lowest BCUT2D eigenvalue weighted by atomic mass is 10.2. The van der Waals surface area contributed by atoms with Crippen molar-refractivity contribution in [3.63, 3.8) is 0 Å². The van der Waals surface area contributed by atoms with Crippen molar-refractivity contribution in [3.8, 4) is 17.1 Å². The van der Waals surface area contributed by atoms with Gasteiger partial charge in [-0.2, -0.15) is 4.52 Å². The third-order valence-corrected chi connectivity index (χ3v) is 4.61. The third kappa shape index (κ3) is 3.70. The second-order valence-corrected chi connectivity index (χ2v) is 6.54. The molecule has 0 aliphatic carbocycles. The summed E-state index contributed by atoms with van der Waals surface area (Å²) in [6.07, 6.45) is 3.22. The average molecular weight is 377 g/mol. The number of anilines is 1. The number of hydrogen-bond donors (Lipinski definition) is 1. The molecule has 0 bridgehead atoms. The molecule has 0 radical (unpaired) electrons. The quantitative estimate of drug-likeness (QED) is 0.538. The van der Waals surface area contributed by atoms with Gasteiger partial charge in [0.25, 0.3) is 0 Å². The molecular weight excluding hydrogens is 362 g/mol. The fraction of sp³-hybridized carbons (Fsp3) is 0.0526. The Balaban J connectivity index is 1.53. The molecule has 0 fully saturated rings. The number of hydrogen-bond acceptors (Lipinski definition) is 6. The Bertz CT molecular complexity index is 1100. The molecular formula is C19H15N5O2S. The maximum absolute atomic E-state index is 12.1. The fourth-order valence-corrected chi connectivity index (χ4v) is 3.21. The van der Waals surface area contributed by atoms with E-state index in [1.807, 2.05) is 54.6 Å². The van der Waals surface area contributed by atoms with E-state index in [0.717, 1.165) is 16.9 Å². The predicted octanol–water partition coefficient (Wildman–Crippen LogP) is 3.51. The van der Waals surface area contributed by atoms with Crippen molar-refractivity contribution >= 4 is 33.4 Å². The van der Waals surface area contributed by atoms with Crippen LogP contribution in [0.15, 0.2) is 60.7 Å². The van der Waals surface area contributed by atoms with Gasteiger partial charge in [-0.1, -0.05) is 41.7 Å². The molecule has 8 heteroatoms. The molecule has 2 aromatic carbocycles. The lowest BCUT2D eigenvalue weighted by Crippen LogP contribution is -2.07. The molecule has 7 nitrogen and oxygen atoms in total. The van der Waals surface area contributed by atoms with Gasteiger partial charge in [0, 0.05) is 11.6 Å². The smallest absolute Gasteiger partial charge is 0.250 e. The number of aromatic nitrogens is 4. The van der Waals surface area contributed by atoms with Gasteiger partial charge < -0.3 is 4.74 Å². The molecule has 4 rings (SSSR count). The number of carbonyl (C=O) groups excluding carboxylic acids is 1. The van der Waals surface area contributed by atoms with Crippen molar-refractivity contribution < 1.29 is 9.53 Å². The summed E-state index contributed by atoms with van der Waals surface area (Å²) in [5.41, 5.74) is 1.81. The maximum atomic E-state index is 12.1. The van der Waals surface area contributed by atoms with E-state index in [9.17, 15) is 4.79 Å². The first-order valence-electron chi connectivity index (χ1n) is 8.14. The standard InChI is InChI=1S/C19H15N5O2S/c1-26-15-10-8-14(9-11-15)17-21-22-19-24(17)23-18(27-19)20-16(25)12-7-13-5-3-2-4-6-13/h2-12H,1H3,(H,20,23,25)/b12-7+. The summed E-state index contributed by atoms with van der Waals surface area (Å²) >= 11 is 1.26. The number of benzene rings is 2. The summed E-state index contributed by atoms with van der Waals surface area (Å²) < 4.78 is 6.78. The molecule has 0 aliphatic rings. The number of carbonyl (C=O) groups is 1. The van der Waals surface area contributed by atoms with E-state index < -0.39 is 0 Å². The number of rotatable bonds is 5. The molecule has 0 unspecified atom stereocenters. The summed E-state index contributed by atoms with van der Waals surface area (Å²) in [7, 11) is 1.62. The highest BCUT2D eigenvalue weighted by Gasteiger charge is 2.14. The van der Waals surface area contributed by atoms with Crippen molar-refractivity contribution in [1.82, 2.24) is 19.8 Å². The average Bonchev–Trinajstić information content (AvgIpc) is 3.27. The Hall–Kier alpha value is -3.52. The first-order valence-corrected chi connectivity index (χ1v) is 8.95. The molecule has 0 saturated carbocycles. The predicted molar refractivity (Wildman–Crippen MR) is 105 cm³/mol. The van der Waals surface area contributed by atoms with Crippen molar-refractivity contribution in [2.45, 2.75) is 0 Å². The Morgan fingerprint density at radius 1 is 1.11 bits per heavy atom. The number of nitrogens with zero attached hydrogens (tertiary/aromatic N) is 4. The number of fused-ring (bicyclic) bond motifs is 1. The van der Waals surface area contributed by atoms with Gasteiger partial charge in [-0.15, -0.1) is 15.3 Å². The van der Waals surface area contributed by atoms with E-state index in [1.165, 1.54) is 17.4 Å². The largest absolute Gasteiger partial charge is 0.497 e. The minimum absolute atomic E-state index is 0.255. The van der Waals surface area contributed by atoms with Crippen molar-refractivity contribution in [3.05, 3.63) is 66.2 Å². The van der Waals surface area contributed by atoms with Crippen molar-refractivity contribution in [2.75, 3.05) is 12.4 Å².